The van der Waals surface area contributed by atoms with Gasteiger partial charge in [0.25, 0.3) is 5.69 Å². The van der Waals surface area contributed by atoms with Crippen molar-refractivity contribution in [2.75, 3.05) is 11.6 Å². The molecule has 0 aliphatic rings. The summed E-state index contributed by atoms with van der Waals surface area (Å²) < 4.78 is 6.45. The van der Waals surface area contributed by atoms with Crippen LogP contribution in [0.25, 0.3) is 0 Å². The second-order valence-electron chi connectivity index (χ2n) is 4.53. The summed E-state index contributed by atoms with van der Waals surface area (Å²) in [5.41, 5.74) is 1.40. The average Bonchev–Trinajstić information content (AvgIpc) is 2.85. The lowest BCUT2D eigenvalue weighted by atomic mass is 10.2. The number of anilines is 1. The van der Waals surface area contributed by atoms with Crippen molar-refractivity contribution < 1.29 is 9.34 Å². The van der Waals surface area contributed by atoms with E-state index < -0.39 is 0 Å². The molecule has 0 radical (unpaired) electrons. The van der Waals surface area contributed by atoms with Crippen LogP contribution in [0.1, 0.15) is 17.1 Å². The zero-order chi connectivity index (χ0) is 15.4. The van der Waals surface area contributed by atoms with Crippen molar-refractivity contribution in [2.24, 2.45) is 0 Å². The third-order valence-electron chi connectivity index (χ3n) is 2.94. The van der Waals surface area contributed by atoms with Gasteiger partial charge >= 0.3 is 0 Å². The standard InChI is InChI=1S/C14H15BrN2O3S/c1-9-5-12(15)13(6-14(9)17(18)19)16-7-10-3-4-11(20-10)8-21-2/h3-6,16H,7-8H2,1-2H3. The molecule has 1 aromatic heterocycles. The van der Waals surface area contributed by atoms with Gasteiger partial charge in [0.15, 0.2) is 0 Å². The molecule has 2 aromatic rings. The molecule has 1 N–H and O–H groups in total. The van der Waals surface area contributed by atoms with Crippen molar-refractivity contribution in [2.45, 2.75) is 19.2 Å². The van der Waals surface area contributed by atoms with E-state index in [1.165, 1.54) is 6.07 Å². The Morgan fingerprint density at radius 1 is 1.38 bits per heavy atom. The van der Waals surface area contributed by atoms with E-state index in [1.807, 2.05) is 18.4 Å². The molecule has 0 spiro atoms. The van der Waals surface area contributed by atoms with E-state index in [0.29, 0.717) is 17.8 Å². The van der Waals surface area contributed by atoms with Crippen LogP contribution in [0.4, 0.5) is 11.4 Å². The summed E-state index contributed by atoms with van der Waals surface area (Å²) in [5, 5.41) is 14.1. The second-order valence-corrected chi connectivity index (χ2v) is 6.25. The van der Waals surface area contributed by atoms with Crippen molar-refractivity contribution >= 4 is 39.1 Å². The SMILES string of the molecule is CSCc1ccc(CNc2cc([N+](=O)[O-])c(C)cc2Br)o1. The number of benzene rings is 1. The molecule has 0 bridgehead atoms. The number of nitro groups is 1. The summed E-state index contributed by atoms with van der Waals surface area (Å²) >= 11 is 5.11. The Morgan fingerprint density at radius 2 is 2.10 bits per heavy atom. The number of furan rings is 1. The molecular weight excluding hydrogens is 356 g/mol. The minimum atomic E-state index is -0.379. The van der Waals surface area contributed by atoms with Gasteiger partial charge in [-0.1, -0.05) is 0 Å². The van der Waals surface area contributed by atoms with Gasteiger partial charge < -0.3 is 9.73 Å². The van der Waals surface area contributed by atoms with Crippen LogP contribution in [0.15, 0.2) is 33.2 Å². The number of rotatable bonds is 6. The highest BCUT2D eigenvalue weighted by molar-refractivity contribution is 9.10. The van der Waals surface area contributed by atoms with Crippen LogP contribution in [-0.4, -0.2) is 11.2 Å². The molecule has 1 heterocycles. The van der Waals surface area contributed by atoms with Crippen LogP contribution in [0, 0.1) is 17.0 Å². The van der Waals surface area contributed by atoms with E-state index in [1.54, 1.807) is 24.8 Å². The van der Waals surface area contributed by atoms with Gasteiger partial charge in [-0.15, -0.1) is 0 Å². The zero-order valence-electron chi connectivity index (χ0n) is 11.7. The fourth-order valence-corrected chi connectivity index (χ4v) is 2.95. The van der Waals surface area contributed by atoms with Crippen LogP contribution < -0.4 is 5.32 Å². The molecule has 1 aromatic carbocycles. The largest absolute Gasteiger partial charge is 0.463 e. The number of halogens is 1. The number of nitrogens with one attached hydrogen (secondary N) is 1. The minimum Gasteiger partial charge on any atom is -0.463 e. The van der Waals surface area contributed by atoms with E-state index in [4.69, 9.17) is 4.42 Å². The number of nitro benzene ring substituents is 1. The molecule has 0 amide bonds. The Bertz CT molecular complexity index is 658. The molecule has 112 valence electrons. The van der Waals surface area contributed by atoms with Crippen molar-refractivity contribution in [1.82, 2.24) is 0 Å². The topological polar surface area (TPSA) is 68.3 Å². The lowest BCUT2D eigenvalue weighted by Gasteiger charge is -2.08. The first-order valence-corrected chi connectivity index (χ1v) is 8.45. The first kappa shape index (κ1) is 15.9. The van der Waals surface area contributed by atoms with E-state index in [9.17, 15) is 10.1 Å². The van der Waals surface area contributed by atoms with Gasteiger partial charge in [-0.3, -0.25) is 10.1 Å². The van der Waals surface area contributed by atoms with Gasteiger partial charge in [0, 0.05) is 16.1 Å². The Morgan fingerprint density at radius 3 is 2.76 bits per heavy atom. The van der Waals surface area contributed by atoms with Crippen LogP contribution in [-0.2, 0) is 12.3 Å². The quantitative estimate of drug-likeness (QED) is 0.587. The number of hydrogen-bond donors (Lipinski definition) is 1. The highest BCUT2D eigenvalue weighted by atomic mass is 79.9. The van der Waals surface area contributed by atoms with E-state index in [2.05, 4.69) is 21.2 Å². The molecule has 0 atom stereocenters. The summed E-state index contributed by atoms with van der Waals surface area (Å²) in [7, 11) is 0. The van der Waals surface area contributed by atoms with E-state index in [0.717, 1.165) is 21.7 Å². The smallest absolute Gasteiger partial charge is 0.274 e. The van der Waals surface area contributed by atoms with Crippen molar-refractivity contribution in [1.29, 1.82) is 0 Å². The summed E-state index contributed by atoms with van der Waals surface area (Å²) in [6.07, 6.45) is 2.02. The Kier molecular flexibility index (Phi) is 5.30. The summed E-state index contributed by atoms with van der Waals surface area (Å²) in [6.45, 7) is 2.20. The monoisotopic (exact) mass is 370 g/mol. The van der Waals surface area contributed by atoms with Crippen LogP contribution in [0.5, 0.6) is 0 Å². The number of thioether (sulfide) groups is 1. The van der Waals surface area contributed by atoms with Crippen molar-refractivity contribution in [3.8, 4) is 0 Å². The lowest BCUT2D eigenvalue weighted by molar-refractivity contribution is -0.385. The third-order valence-corrected chi connectivity index (χ3v) is 4.17. The fraction of sp³-hybridized carbons (Fsp3) is 0.286. The van der Waals surface area contributed by atoms with Crippen LogP contribution in [0.3, 0.4) is 0 Å². The maximum absolute atomic E-state index is 11.0. The van der Waals surface area contributed by atoms with Gasteiger partial charge in [-0.25, -0.2) is 0 Å². The molecule has 0 aliphatic carbocycles. The minimum absolute atomic E-state index is 0.100. The molecule has 0 unspecified atom stereocenters. The predicted molar refractivity (Wildman–Crippen MR) is 88.8 cm³/mol. The fourth-order valence-electron chi connectivity index (χ4n) is 1.91. The molecule has 2 rings (SSSR count). The molecule has 5 nitrogen and oxygen atoms in total. The van der Waals surface area contributed by atoms with Gasteiger partial charge in [-0.2, -0.15) is 11.8 Å². The van der Waals surface area contributed by atoms with E-state index in [-0.39, 0.29) is 10.6 Å². The molecule has 0 aliphatic heterocycles. The highest BCUT2D eigenvalue weighted by Crippen LogP contribution is 2.31. The highest BCUT2D eigenvalue weighted by Gasteiger charge is 2.14. The number of hydrogen-bond acceptors (Lipinski definition) is 5. The predicted octanol–water partition coefficient (Wildman–Crippen LogP) is 4.73. The molecule has 0 saturated carbocycles. The molecule has 7 heteroatoms. The summed E-state index contributed by atoms with van der Waals surface area (Å²) in [4.78, 5) is 10.6. The lowest BCUT2D eigenvalue weighted by Crippen LogP contribution is -2.01. The average molecular weight is 371 g/mol. The first-order chi connectivity index (χ1) is 10.0. The first-order valence-electron chi connectivity index (χ1n) is 6.26. The molecular formula is C14H15BrN2O3S. The molecule has 0 fully saturated rings. The van der Waals surface area contributed by atoms with Crippen molar-refractivity contribution in [3.05, 3.63) is 55.9 Å². The maximum Gasteiger partial charge on any atom is 0.274 e. The molecule has 21 heavy (non-hydrogen) atoms. The van der Waals surface area contributed by atoms with Crippen molar-refractivity contribution in [3.63, 3.8) is 0 Å². The van der Waals surface area contributed by atoms with E-state index >= 15 is 0 Å². The Hall–Kier alpha value is -1.47. The van der Waals surface area contributed by atoms with Gasteiger partial charge in [0.2, 0.25) is 0 Å². The molecule has 0 saturated heterocycles. The van der Waals surface area contributed by atoms with Crippen LogP contribution >= 0.6 is 27.7 Å². The Labute approximate surface area is 135 Å². The Balaban J connectivity index is 2.11. The van der Waals surface area contributed by atoms with Crippen LogP contribution in [0.2, 0.25) is 0 Å². The number of nitrogens with zero attached hydrogens (tertiary/aromatic N) is 1. The zero-order valence-corrected chi connectivity index (χ0v) is 14.1. The van der Waals surface area contributed by atoms with Gasteiger partial charge in [0.1, 0.15) is 11.5 Å². The van der Waals surface area contributed by atoms with Gasteiger partial charge in [0.05, 0.1) is 22.9 Å². The summed E-state index contributed by atoms with van der Waals surface area (Å²) in [6, 6.07) is 7.13. The maximum atomic E-state index is 11.0. The number of aryl methyl sites for hydroxylation is 1. The second kappa shape index (κ2) is 7.00. The normalized spacial score (nSPS) is 10.6. The summed E-state index contributed by atoms with van der Waals surface area (Å²) in [5.74, 6) is 2.56. The third kappa shape index (κ3) is 4.01. The van der Waals surface area contributed by atoms with Gasteiger partial charge in [-0.05, 0) is 47.3 Å².